The predicted molar refractivity (Wildman–Crippen MR) is 121 cm³/mol. The lowest BCUT2D eigenvalue weighted by atomic mass is 9.99. The van der Waals surface area contributed by atoms with Crippen LogP contribution in [0.15, 0.2) is 53.4 Å². The number of carbonyl (C=O) groups excluding carboxylic acids is 1. The number of likely N-dealkylation sites (tertiary alicyclic amines) is 1. The van der Waals surface area contributed by atoms with E-state index in [0.29, 0.717) is 31.4 Å². The van der Waals surface area contributed by atoms with Crippen LogP contribution in [0.5, 0.6) is 5.75 Å². The number of sulfonamides is 1. The number of ether oxygens (including phenoxy) is 1. The summed E-state index contributed by atoms with van der Waals surface area (Å²) in [5, 5.41) is 0. The first-order valence-electron chi connectivity index (χ1n) is 10.9. The second-order valence-electron chi connectivity index (χ2n) is 8.18. The number of hydrogen-bond acceptors (Lipinski definition) is 4. The number of nitrogens with zero attached hydrogens (tertiary/aromatic N) is 2. The summed E-state index contributed by atoms with van der Waals surface area (Å²) in [6.07, 6.45) is 1.91. The van der Waals surface area contributed by atoms with Crippen LogP contribution in [-0.2, 0) is 21.4 Å². The average molecular weight is 445 g/mol. The molecule has 2 aromatic carbocycles. The van der Waals surface area contributed by atoms with Gasteiger partial charge in [0.05, 0.1) is 18.0 Å². The van der Waals surface area contributed by atoms with E-state index in [4.69, 9.17) is 4.74 Å². The van der Waals surface area contributed by atoms with E-state index >= 15 is 0 Å². The van der Waals surface area contributed by atoms with Gasteiger partial charge in [-0.25, -0.2) is 8.42 Å². The molecule has 0 aromatic heterocycles. The lowest BCUT2D eigenvalue weighted by Crippen LogP contribution is -2.45. The van der Waals surface area contributed by atoms with Crippen molar-refractivity contribution in [3.8, 4) is 5.75 Å². The SMILES string of the molecule is CCOc1ccc(S(=O)(=O)N(CC(=O)N2CCC(C)CC2)Cc2ccccc2)cc1C. The van der Waals surface area contributed by atoms with Gasteiger partial charge in [0, 0.05) is 19.6 Å². The molecule has 1 fully saturated rings. The average Bonchev–Trinajstić information content (AvgIpc) is 2.76. The van der Waals surface area contributed by atoms with Gasteiger partial charge in [-0.3, -0.25) is 4.79 Å². The van der Waals surface area contributed by atoms with E-state index in [2.05, 4.69) is 6.92 Å². The summed E-state index contributed by atoms with van der Waals surface area (Å²) < 4.78 is 33.9. The number of piperidine rings is 1. The number of benzene rings is 2. The van der Waals surface area contributed by atoms with E-state index in [-0.39, 0.29) is 23.9 Å². The molecule has 0 aliphatic carbocycles. The van der Waals surface area contributed by atoms with Crippen molar-refractivity contribution in [3.63, 3.8) is 0 Å². The molecule has 168 valence electrons. The van der Waals surface area contributed by atoms with Gasteiger partial charge in [-0.1, -0.05) is 37.3 Å². The molecule has 1 aliphatic heterocycles. The maximum Gasteiger partial charge on any atom is 0.243 e. The Bertz CT molecular complexity index is 984. The maximum absolute atomic E-state index is 13.5. The Morgan fingerprint density at radius 1 is 1.13 bits per heavy atom. The second kappa shape index (κ2) is 10.3. The Morgan fingerprint density at radius 2 is 1.81 bits per heavy atom. The van der Waals surface area contributed by atoms with Crippen LogP contribution >= 0.6 is 0 Å². The lowest BCUT2D eigenvalue weighted by molar-refractivity contribution is -0.132. The molecule has 0 bridgehead atoms. The minimum atomic E-state index is -3.87. The van der Waals surface area contributed by atoms with Crippen molar-refractivity contribution in [1.82, 2.24) is 9.21 Å². The first kappa shape index (κ1) is 23.3. The molecule has 3 rings (SSSR count). The number of aryl methyl sites for hydroxylation is 1. The Kier molecular flexibility index (Phi) is 7.73. The van der Waals surface area contributed by atoms with E-state index in [1.807, 2.05) is 44.2 Å². The largest absolute Gasteiger partial charge is 0.494 e. The molecule has 2 aromatic rings. The number of carbonyl (C=O) groups is 1. The minimum absolute atomic E-state index is 0.144. The molecule has 6 nitrogen and oxygen atoms in total. The Balaban J connectivity index is 1.87. The number of hydrogen-bond donors (Lipinski definition) is 0. The van der Waals surface area contributed by atoms with Crippen LogP contribution in [0, 0.1) is 12.8 Å². The fraction of sp³-hybridized carbons (Fsp3) is 0.458. The molecule has 1 heterocycles. The first-order chi connectivity index (χ1) is 14.8. The molecule has 7 heteroatoms. The summed E-state index contributed by atoms with van der Waals surface area (Å²) in [4.78, 5) is 14.9. The lowest BCUT2D eigenvalue weighted by Gasteiger charge is -2.32. The maximum atomic E-state index is 13.5. The second-order valence-corrected chi connectivity index (χ2v) is 10.1. The fourth-order valence-corrected chi connectivity index (χ4v) is 5.23. The summed E-state index contributed by atoms with van der Waals surface area (Å²) >= 11 is 0. The quantitative estimate of drug-likeness (QED) is 0.620. The molecule has 1 aliphatic rings. The third kappa shape index (κ3) is 5.86. The van der Waals surface area contributed by atoms with E-state index in [0.717, 1.165) is 24.0 Å². The first-order valence-corrected chi connectivity index (χ1v) is 12.3. The van der Waals surface area contributed by atoms with E-state index in [1.54, 1.807) is 23.1 Å². The van der Waals surface area contributed by atoms with Gasteiger partial charge in [0.1, 0.15) is 5.75 Å². The van der Waals surface area contributed by atoms with Gasteiger partial charge < -0.3 is 9.64 Å². The number of amides is 1. The van der Waals surface area contributed by atoms with Gasteiger partial charge in [0.25, 0.3) is 0 Å². The van der Waals surface area contributed by atoms with Gasteiger partial charge >= 0.3 is 0 Å². The van der Waals surface area contributed by atoms with Crippen molar-refractivity contribution in [2.24, 2.45) is 5.92 Å². The highest BCUT2D eigenvalue weighted by atomic mass is 32.2. The molecule has 0 N–H and O–H groups in total. The van der Waals surface area contributed by atoms with Crippen LogP contribution < -0.4 is 4.74 Å². The molecule has 0 atom stereocenters. The Hall–Kier alpha value is -2.38. The molecule has 31 heavy (non-hydrogen) atoms. The van der Waals surface area contributed by atoms with Crippen molar-refractivity contribution in [2.45, 2.75) is 45.1 Å². The minimum Gasteiger partial charge on any atom is -0.494 e. The van der Waals surface area contributed by atoms with Crippen LogP contribution in [0.1, 0.15) is 37.8 Å². The smallest absolute Gasteiger partial charge is 0.243 e. The van der Waals surface area contributed by atoms with E-state index in [1.165, 1.54) is 4.31 Å². The van der Waals surface area contributed by atoms with Gasteiger partial charge in [-0.05, 0) is 61.9 Å². The molecule has 0 spiro atoms. The highest BCUT2D eigenvalue weighted by Crippen LogP contribution is 2.25. The topological polar surface area (TPSA) is 66.9 Å². The highest BCUT2D eigenvalue weighted by Gasteiger charge is 2.30. The van der Waals surface area contributed by atoms with Crippen molar-refractivity contribution in [2.75, 3.05) is 26.2 Å². The van der Waals surface area contributed by atoms with Crippen LogP contribution in [-0.4, -0.2) is 49.8 Å². The van der Waals surface area contributed by atoms with Crippen molar-refractivity contribution in [3.05, 3.63) is 59.7 Å². The Morgan fingerprint density at radius 3 is 2.42 bits per heavy atom. The monoisotopic (exact) mass is 444 g/mol. The Labute approximate surface area is 185 Å². The fourth-order valence-electron chi connectivity index (χ4n) is 3.77. The van der Waals surface area contributed by atoms with Gasteiger partial charge in [-0.15, -0.1) is 0 Å². The van der Waals surface area contributed by atoms with Crippen LogP contribution in [0.2, 0.25) is 0 Å². The molecular weight excluding hydrogens is 412 g/mol. The van der Waals surface area contributed by atoms with Crippen molar-refractivity contribution >= 4 is 15.9 Å². The van der Waals surface area contributed by atoms with Crippen LogP contribution in [0.4, 0.5) is 0 Å². The normalized spacial score (nSPS) is 15.3. The third-order valence-corrected chi connectivity index (χ3v) is 7.52. The summed E-state index contributed by atoms with van der Waals surface area (Å²) in [5.41, 5.74) is 1.59. The zero-order valence-electron chi connectivity index (χ0n) is 18.6. The predicted octanol–water partition coefficient (Wildman–Crippen LogP) is 3.84. The molecule has 1 saturated heterocycles. The number of rotatable bonds is 8. The summed E-state index contributed by atoms with van der Waals surface area (Å²) in [7, 11) is -3.87. The molecule has 0 saturated carbocycles. The summed E-state index contributed by atoms with van der Waals surface area (Å²) in [5.74, 6) is 1.11. The zero-order valence-corrected chi connectivity index (χ0v) is 19.4. The van der Waals surface area contributed by atoms with E-state index in [9.17, 15) is 13.2 Å². The van der Waals surface area contributed by atoms with Crippen LogP contribution in [0.25, 0.3) is 0 Å². The highest BCUT2D eigenvalue weighted by molar-refractivity contribution is 7.89. The van der Waals surface area contributed by atoms with Gasteiger partial charge in [0.2, 0.25) is 15.9 Å². The van der Waals surface area contributed by atoms with Gasteiger partial charge in [-0.2, -0.15) is 4.31 Å². The summed E-state index contributed by atoms with van der Waals surface area (Å²) in [6, 6.07) is 14.2. The van der Waals surface area contributed by atoms with Crippen molar-refractivity contribution < 1.29 is 17.9 Å². The van der Waals surface area contributed by atoms with E-state index < -0.39 is 10.0 Å². The molecule has 0 unspecified atom stereocenters. The standard InChI is InChI=1S/C24H32N2O4S/c1-4-30-23-11-10-22(16-20(23)3)31(28,29)26(17-21-8-6-5-7-9-21)18-24(27)25-14-12-19(2)13-15-25/h5-11,16,19H,4,12-15,17-18H2,1-3H3. The van der Waals surface area contributed by atoms with Gasteiger partial charge in [0.15, 0.2) is 0 Å². The zero-order chi connectivity index (χ0) is 22.4. The molecular formula is C24H32N2O4S. The third-order valence-electron chi connectivity index (χ3n) is 5.73. The van der Waals surface area contributed by atoms with Crippen molar-refractivity contribution in [1.29, 1.82) is 0 Å². The van der Waals surface area contributed by atoms with Crippen LogP contribution in [0.3, 0.4) is 0 Å². The molecule has 1 amide bonds. The molecule has 0 radical (unpaired) electrons. The summed E-state index contributed by atoms with van der Waals surface area (Å²) in [6.45, 7) is 7.74.